The summed E-state index contributed by atoms with van der Waals surface area (Å²) in [7, 11) is 0. The Morgan fingerprint density at radius 2 is 1.55 bits per heavy atom. The molecule has 0 unspecified atom stereocenters. The van der Waals surface area contributed by atoms with Crippen molar-refractivity contribution in [1.29, 1.82) is 0 Å². The number of nitrogens with one attached hydrogen (secondary N) is 2. The van der Waals surface area contributed by atoms with Gasteiger partial charge in [0.05, 0.1) is 22.7 Å². The predicted octanol–water partition coefficient (Wildman–Crippen LogP) is 6.94. The zero-order valence-electron chi connectivity index (χ0n) is 19.4. The highest BCUT2D eigenvalue weighted by molar-refractivity contribution is 6.53. The van der Waals surface area contributed by atoms with Crippen molar-refractivity contribution < 1.29 is 27.6 Å². The first-order valence-electron chi connectivity index (χ1n) is 10.9. The van der Waals surface area contributed by atoms with Crippen LogP contribution in [0.3, 0.4) is 0 Å². The highest BCUT2D eigenvalue weighted by Crippen LogP contribution is 2.36. The average molecular weight is 583 g/mol. The van der Waals surface area contributed by atoms with Crippen LogP contribution in [0.2, 0.25) is 10.0 Å². The maximum Gasteiger partial charge on any atom is 0.417 e. The Balaban J connectivity index is 1.43. The third kappa shape index (κ3) is 5.65. The maximum absolute atomic E-state index is 13.0. The molecular formula is C26H17Cl3F3N3O3. The van der Waals surface area contributed by atoms with Gasteiger partial charge in [-0.05, 0) is 60.5 Å². The third-order valence-electron chi connectivity index (χ3n) is 5.65. The quantitative estimate of drug-likeness (QED) is 0.309. The molecule has 38 heavy (non-hydrogen) atoms. The molecule has 1 heterocycles. The van der Waals surface area contributed by atoms with Crippen LogP contribution in [0.25, 0.3) is 0 Å². The van der Waals surface area contributed by atoms with Gasteiger partial charge in [-0.2, -0.15) is 13.2 Å². The van der Waals surface area contributed by atoms with Crippen molar-refractivity contribution in [2.75, 3.05) is 15.5 Å². The molecule has 0 fully saturated rings. The molecule has 3 aromatic carbocycles. The van der Waals surface area contributed by atoms with Crippen molar-refractivity contribution in [1.82, 2.24) is 0 Å². The number of nitrogens with zero attached hydrogens (tertiary/aromatic N) is 1. The minimum absolute atomic E-state index is 0.0458. The Kier molecular flexibility index (Phi) is 7.73. The summed E-state index contributed by atoms with van der Waals surface area (Å²) in [6.07, 6.45) is -4.79. The summed E-state index contributed by atoms with van der Waals surface area (Å²) in [5.41, 5.74) is 0.595. The number of rotatable bonds is 6. The van der Waals surface area contributed by atoms with E-state index in [2.05, 4.69) is 10.6 Å². The summed E-state index contributed by atoms with van der Waals surface area (Å²) in [4.78, 5) is 39.0. The Labute approximate surface area is 230 Å². The monoisotopic (exact) mass is 581 g/mol. The van der Waals surface area contributed by atoms with E-state index in [1.165, 1.54) is 6.07 Å². The highest BCUT2D eigenvalue weighted by atomic mass is 35.5. The highest BCUT2D eigenvalue weighted by Gasteiger charge is 2.39. The fourth-order valence-corrected chi connectivity index (χ4v) is 4.34. The van der Waals surface area contributed by atoms with Crippen molar-refractivity contribution in [2.45, 2.75) is 19.5 Å². The summed E-state index contributed by atoms with van der Waals surface area (Å²) in [6, 6.07) is 14.2. The van der Waals surface area contributed by atoms with E-state index in [1.54, 1.807) is 49.4 Å². The van der Waals surface area contributed by atoms with E-state index in [4.69, 9.17) is 34.8 Å². The first-order chi connectivity index (χ1) is 17.9. The molecule has 0 spiro atoms. The summed E-state index contributed by atoms with van der Waals surface area (Å²) in [6.45, 7) is 1.68. The smallest absolute Gasteiger partial charge is 0.350 e. The van der Waals surface area contributed by atoms with Gasteiger partial charge in [0.2, 0.25) is 5.91 Å². The van der Waals surface area contributed by atoms with Crippen LogP contribution in [-0.4, -0.2) is 17.7 Å². The lowest BCUT2D eigenvalue weighted by atomic mass is 10.1. The number of hydrogen-bond acceptors (Lipinski definition) is 4. The van der Waals surface area contributed by atoms with E-state index >= 15 is 0 Å². The fraction of sp³-hybridized carbons (Fsp3) is 0.115. The van der Waals surface area contributed by atoms with Crippen LogP contribution < -0.4 is 15.5 Å². The second-order valence-corrected chi connectivity index (χ2v) is 9.45. The number of halogens is 6. The fourth-order valence-electron chi connectivity index (χ4n) is 3.73. The molecule has 3 amide bonds. The second kappa shape index (κ2) is 10.7. The lowest BCUT2D eigenvalue weighted by Gasteiger charge is -2.18. The zero-order valence-corrected chi connectivity index (χ0v) is 21.7. The topological polar surface area (TPSA) is 78.5 Å². The van der Waals surface area contributed by atoms with E-state index < -0.39 is 34.5 Å². The van der Waals surface area contributed by atoms with Crippen molar-refractivity contribution in [3.63, 3.8) is 0 Å². The molecule has 0 aromatic heterocycles. The Hall–Kier alpha value is -3.53. The van der Waals surface area contributed by atoms with Crippen LogP contribution in [0.4, 0.5) is 30.2 Å². The van der Waals surface area contributed by atoms with Crippen LogP contribution >= 0.6 is 34.8 Å². The van der Waals surface area contributed by atoms with E-state index in [0.717, 1.165) is 17.0 Å². The van der Waals surface area contributed by atoms with Crippen molar-refractivity contribution in [3.8, 4) is 0 Å². The average Bonchev–Trinajstić information content (AvgIpc) is 3.05. The van der Waals surface area contributed by atoms with E-state index in [0.29, 0.717) is 27.5 Å². The number of hydrogen-bond donors (Lipinski definition) is 2. The Bertz CT molecular complexity index is 1490. The summed E-state index contributed by atoms with van der Waals surface area (Å²) in [5, 5.41) is 4.87. The molecule has 196 valence electrons. The molecule has 0 radical (unpaired) electrons. The molecule has 0 aliphatic carbocycles. The van der Waals surface area contributed by atoms with Gasteiger partial charge in [-0.25, -0.2) is 4.90 Å². The largest absolute Gasteiger partial charge is 0.417 e. The van der Waals surface area contributed by atoms with Gasteiger partial charge >= 0.3 is 6.18 Å². The number of anilines is 3. The molecule has 0 atom stereocenters. The Morgan fingerprint density at radius 3 is 2.21 bits per heavy atom. The molecule has 3 aromatic rings. The summed E-state index contributed by atoms with van der Waals surface area (Å²) in [5.74, 6) is -1.90. The van der Waals surface area contributed by atoms with Crippen LogP contribution in [0.5, 0.6) is 0 Å². The standard InChI is InChI=1S/C26H17Cl3F3N3O3/c1-13-18(27)3-2-4-20(13)35-24(37)22(29)23(25(35)38)34-15-7-5-14(6-8-15)11-21(36)33-16-9-10-19(28)17(12-16)26(30,31)32/h2-10,12,34H,11H2,1H3,(H,33,36). The van der Waals surface area contributed by atoms with Gasteiger partial charge in [0.25, 0.3) is 11.8 Å². The van der Waals surface area contributed by atoms with Gasteiger partial charge in [-0.15, -0.1) is 0 Å². The number of benzene rings is 3. The normalized spacial score (nSPS) is 13.8. The van der Waals surface area contributed by atoms with Crippen LogP contribution in [-0.2, 0) is 27.0 Å². The maximum atomic E-state index is 13.0. The van der Waals surface area contributed by atoms with Gasteiger partial charge in [-0.1, -0.05) is 53.0 Å². The van der Waals surface area contributed by atoms with Gasteiger partial charge in [0, 0.05) is 16.4 Å². The lowest BCUT2D eigenvalue weighted by molar-refractivity contribution is -0.137. The SMILES string of the molecule is Cc1c(Cl)cccc1N1C(=O)C(Cl)=C(Nc2ccc(CC(=O)Nc3ccc(Cl)c(C(F)(F)F)c3)cc2)C1=O. The summed E-state index contributed by atoms with van der Waals surface area (Å²) >= 11 is 17.9. The number of carbonyl (C=O) groups excluding carboxylic acids is 3. The lowest BCUT2D eigenvalue weighted by Crippen LogP contribution is -2.32. The molecule has 2 N–H and O–H groups in total. The minimum atomic E-state index is -4.66. The molecule has 1 aliphatic heterocycles. The van der Waals surface area contributed by atoms with E-state index in [1.807, 2.05) is 0 Å². The van der Waals surface area contributed by atoms with E-state index in [9.17, 15) is 27.6 Å². The van der Waals surface area contributed by atoms with Gasteiger partial charge in [0.1, 0.15) is 10.7 Å². The van der Waals surface area contributed by atoms with Gasteiger partial charge in [0.15, 0.2) is 0 Å². The number of imide groups is 1. The van der Waals surface area contributed by atoms with Crippen molar-refractivity contribution in [3.05, 3.63) is 98.1 Å². The van der Waals surface area contributed by atoms with Crippen molar-refractivity contribution in [2.24, 2.45) is 0 Å². The predicted molar refractivity (Wildman–Crippen MR) is 140 cm³/mol. The first kappa shape index (κ1) is 27.5. The molecule has 1 aliphatic rings. The second-order valence-electron chi connectivity index (χ2n) is 8.26. The molecular weight excluding hydrogens is 566 g/mol. The summed E-state index contributed by atoms with van der Waals surface area (Å²) < 4.78 is 39.1. The minimum Gasteiger partial charge on any atom is -0.350 e. The first-order valence-corrected chi connectivity index (χ1v) is 12.1. The van der Waals surface area contributed by atoms with Gasteiger partial charge < -0.3 is 10.6 Å². The molecule has 0 saturated heterocycles. The molecule has 0 bridgehead atoms. The van der Waals surface area contributed by atoms with Crippen molar-refractivity contribution >= 4 is 69.6 Å². The van der Waals surface area contributed by atoms with Gasteiger partial charge in [-0.3, -0.25) is 14.4 Å². The molecule has 12 heteroatoms. The molecule has 4 rings (SSSR count). The zero-order chi connectivity index (χ0) is 27.8. The Morgan fingerprint density at radius 1 is 0.895 bits per heavy atom. The third-order valence-corrected chi connectivity index (χ3v) is 6.74. The molecule has 6 nitrogen and oxygen atoms in total. The number of amides is 3. The van der Waals surface area contributed by atoms with Crippen LogP contribution in [0, 0.1) is 6.92 Å². The van der Waals surface area contributed by atoms with E-state index in [-0.39, 0.29) is 22.8 Å². The number of carbonyl (C=O) groups is 3. The van der Waals surface area contributed by atoms with Crippen LogP contribution in [0.1, 0.15) is 16.7 Å². The number of alkyl halides is 3. The van der Waals surface area contributed by atoms with Crippen LogP contribution in [0.15, 0.2) is 71.4 Å². The molecule has 0 saturated carbocycles.